The Morgan fingerprint density at radius 3 is 2.50 bits per heavy atom. The summed E-state index contributed by atoms with van der Waals surface area (Å²) in [5.74, 6) is -7.40. The first kappa shape index (κ1) is 13.1. The summed E-state index contributed by atoms with van der Waals surface area (Å²) in [5.41, 5.74) is -0.420. The maximum atomic E-state index is 12.9. The van der Waals surface area contributed by atoms with Gasteiger partial charge in [0.25, 0.3) is 0 Å². The topological polar surface area (TPSA) is 50.2 Å². The van der Waals surface area contributed by atoms with Gasteiger partial charge in [0.15, 0.2) is 11.0 Å². The fourth-order valence-corrected chi connectivity index (χ4v) is 1.31. The second kappa shape index (κ2) is 4.47. The molecule has 0 atom stereocenters. The van der Waals surface area contributed by atoms with Crippen molar-refractivity contribution in [3.05, 3.63) is 27.8 Å². The number of alkyl halides is 2. The van der Waals surface area contributed by atoms with E-state index in [-0.39, 0.29) is 0 Å². The van der Waals surface area contributed by atoms with Crippen LogP contribution in [0.5, 0.6) is 0 Å². The lowest BCUT2D eigenvalue weighted by molar-refractivity contribution is -0.164. The van der Waals surface area contributed by atoms with E-state index in [2.05, 4.69) is 4.98 Å². The summed E-state index contributed by atoms with van der Waals surface area (Å²) in [5, 5.41) is 7.17. The third-order valence-corrected chi connectivity index (χ3v) is 2.28. The van der Waals surface area contributed by atoms with Gasteiger partial charge in [-0.3, -0.25) is 0 Å². The highest BCUT2D eigenvalue weighted by Gasteiger charge is 2.39. The summed E-state index contributed by atoms with van der Waals surface area (Å²) >= 11 is 10.7. The highest BCUT2D eigenvalue weighted by Crippen LogP contribution is 2.27. The lowest BCUT2D eigenvalue weighted by Crippen LogP contribution is -2.30. The Labute approximate surface area is 97.8 Å². The van der Waals surface area contributed by atoms with Crippen LogP contribution in [0.25, 0.3) is 0 Å². The number of hydrogen-bond acceptors (Lipinski definition) is 2. The average Bonchev–Trinajstić information content (AvgIpc) is 2.13. The summed E-state index contributed by atoms with van der Waals surface area (Å²) in [7, 11) is 0. The molecular formula is C8H4Cl2F3NO2. The van der Waals surface area contributed by atoms with E-state index in [4.69, 9.17) is 28.3 Å². The van der Waals surface area contributed by atoms with Crippen molar-refractivity contribution in [1.82, 2.24) is 4.98 Å². The maximum Gasteiger partial charge on any atom is 0.374 e. The summed E-state index contributed by atoms with van der Waals surface area (Å²) in [6.07, 6.45) is -1.25. The zero-order chi connectivity index (χ0) is 12.5. The lowest BCUT2D eigenvalue weighted by Gasteiger charge is -2.11. The molecule has 0 aliphatic heterocycles. The highest BCUT2D eigenvalue weighted by atomic mass is 35.5. The summed E-state index contributed by atoms with van der Waals surface area (Å²) in [4.78, 5) is 13.4. The number of rotatable bonds is 3. The molecule has 0 bridgehead atoms. The zero-order valence-corrected chi connectivity index (χ0v) is 8.99. The Morgan fingerprint density at radius 2 is 2.00 bits per heavy atom. The van der Waals surface area contributed by atoms with E-state index >= 15 is 0 Å². The van der Waals surface area contributed by atoms with Crippen LogP contribution in [-0.4, -0.2) is 22.0 Å². The van der Waals surface area contributed by atoms with Crippen molar-refractivity contribution in [2.75, 3.05) is 0 Å². The first-order valence-electron chi connectivity index (χ1n) is 3.85. The maximum absolute atomic E-state index is 12.9. The molecule has 0 aliphatic rings. The normalized spacial score (nSPS) is 11.6. The minimum atomic E-state index is -4.04. The van der Waals surface area contributed by atoms with Crippen LogP contribution < -0.4 is 0 Å². The van der Waals surface area contributed by atoms with E-state index in [0.29, 0.717) is 6.07 Å². The minimum Gasteiger partial charge on any atom is -0.477 e. The number of carboxylic acid groups (broad SMARTS) is 1. The quantitative estimate of drug-likeness (QED) is 0.862. The summed E-state index contributed by atoms with van der Waals surface area (Å²) < 4.78 is 38.5. The zero-order valence-electron chi connectivity index (χ0n) is 7.48. The molecule has 1 aromatic rings. The molecule has 0 fully saturated rings. The predicted octanol–water partition coefficient (Wildman–Crippen LogP) is 2.79. The van der Waals surface area contributed by atoms with Crippen LogP contribution in [0, 0.1) is 5.82 Å². The number of carbonyl (C=O) groups is 1. The molecule has 1 heterocycles. The molecule has 0 amide bonds. The Hall–Kier alpha value is -1.01. The molecule has 0 spiro atoms. The van der Waals surface area contributed by atoms with Crippen molar-refractivity contribution >= 4 is 29.2 Å². The molecule has 0 saturated carbocycles. The fourth-order valence-electron chi connectivity index (χ4n) is 0.922. The molecule has 1 N–H and O–H groups in total. The van der Waals surface area contributed by atoms with E-state index < -0.39 is 40.0 Å². The number of halogens is 5. The number of aromatic nitrogens is 1. The number of aliphatic carboxylic acids is 1. The molecule has 88 valence electrons. The second-order valence-electron chi connectivity index (χ2n) is 2.90. The van der Waals surface area contributed by atoms with Crippen LogP contribution in [0.1, 0.15) is 5.56 Å². The van der Waals surface area contributed by atoms with E-state index in [1.165, 1.54) is 0 Å². The van der Waals surface area contributed by atoms with Gasteiger partial charge in [-0.1, -0.05) is 23.2 Å². The monoisotopic (exact) mass is 273 g/mol. The van der Waals surface area contributed by atoms with Crippen molar-refractivity contribution < 1.29 is 23.1 Å². The largest absolute Gasteiger partial charge is 0.477 e. The van der Waals surface area contributed by atoms with E-state index in [1.807, 2.05) is 0 Å². The first-order chi connectivity index (χ1) is 7.24. The summed E-state index contributed by atoms with van der Waals surface area (Å²) in [6, 6.07) is 0.633. The number of nitrogens with zero attached hydrogens (tertiary/aromatic N) is 1. The van der Waals surface area contributed by atoms with E-state index in [1.54, 1.807) is 0 Å². The Bertz CT molecular complexity index is 440. The number of hydrogen-bond donors (Lipinski definition) is 1. The van der Waals surface area contributed by atoms with Crippen LogP contribution in [-0.2, 0) is 11.2 Å². The molecule has 3 nitrogen and oxygen atoms in total. The molecule has 0 aliphatic carbocycles. The molecule has 0 saturated heterocycles. The van der Waals surface area contributed by atoms with Crippen LogP contribution >= 0.6 is 23.2 Å². The molecule has 0 aromatic carbocycles. The molecule has 16 heavy (non-hydrogen) atoms. The summed E-state index contributed by atoms with van der Waals surface area (Å²) in [6.45, 7) is 0. The van der Waals surface area contributed by atoms with Crippen LogP contribution in [0.15, 0.2) is 6.07 Å². The first-order valence-corrected chi connectivity index (χ1v) is 4.61. The molecule has 8 heteroatoms. The van der Waals surface area contributed by atoms with Gasteiger partial charge in [-0.2, -0.15) is 8.78 Å². The van der Waals surface area contributed by atoms with Gasteiger partial charge in [-0.05, 0) is 11.6 Å². The predicted molar refractivity (Wildman–Crippen MR) is 50.5 cm³/mol. The van der Waals surface area contributed by atoms with Crippen molar-refractivity contribution in [3.8, 4) is 0 Å². The minimum absolute atomic E-state index is 0.420. The van der Waals surface area contributed by atoms with Gasteiger partial charge in [0.05, 0.1) is 6.42 Å². The van der Waals surface area contributed by atoms with Gasteiger partial charge in [-0.15, -0.1) is 0 Å². The molecule has 0 radical (unpaired) electrons. The molecule has 1 rings (SSSR count). The van der Waals surface area contributed by atoms with Crippen molar-refractivity contribution in [1.29, 1.82) is 0 Å². The van der Waals surface area contributed by atoms with Crippen molar-refractivity contribution in [2.45, 2.75) is 12.3 Å². The fraction of sp³-hybridized carbons (Fsp3) is 0.250. The van der Waals surface area contributed by atoms with Crippen molar-refractivity contribution in [3.63, 3.8) is 0 Å². The standard InChI is InChI=1S/C8H4Cl2F3NO2/c9-5-3(1-4(11)6(10)14-5)2-8(12,13)7(15)16/h1H,2H2,(H,15,16). The molecule has 1 aromatic heterocycles. The Morgan fingerprint density at radius 1 is 1.44 bits per heavy atom. The Balaban J connectivity index is 3.07. The van der Waals surface area contributed by atoms with E-state index in [9.17, 15) is 18.0 Å². The molecule has 0 unspecified atom stereocenters. The van der Waals surface area contributed by atoms with E-state index in [0.717, 1.165) is 0 Å². The van der Waals surface area contributed by atoms with Crippen LogP contribution in [0.4, 0.5) is 13.2 Å². The third kappa shape index (κ3) is 2.76. The Kier molecular flexibility index (Phi) is 3.64. The van der Waals surface area contributed by atoms with Gasteiger partial charge in [0, 0.05) is 0 Å². The van der Waals surface area contributed by atoms with Gasteiger partial charge >= 0.3 is 11.9 Å². The van der Waals surface area contributed by atoms with Crippen LogP contribution in [0.2, 0.25) is 10.3 Å². The van der Waals surface area contributed by atoms with Gasteiger partial charge in [-0.25, -0.2) is 14.2 Å². The lowest BCUT2D eigenvalue weighted by atomic mass is 10.1. The highest BCUT2D eigenvalue weighted by molar-refractivity contribution is 6.32. The molecular weight excluding hydrogens is 270 g/mol. The van der Waals surface area contributed by atoms with Gasteiger partial charge in [0.1, 0.15) is 5.15 Å². The average molecular weight is 274 g/mol. The van der Waals surface area contributed by atoms with Gasteiger partial charge < -0.3 is 5.11 Å². The number of pyridine rings is 1. The second-order valence-corrected chi connectivity index (χ2v) is 3.61. The third-order valence-electron chi connectivity index (χ3n) is 1.68. The number of carboxylic acids is 1. The van der Waals surface area contributed by atoms with Crippen LogP contribution in [0.3, 0.4) is 0 Å². The smallest absolute Gasteiger partial charge is 0.374 e. The SMILES string of the molecule is O=C(O)C(F)(F)Cc1cc(F)c(Cl)nc1Cl. The van der Waals surface area contributed by atoms with Crippen molar-refractivity contribution in [2.24, 2.45) is 0 Å². The van der Waals surface area contributed by atoms with Gasteiger partial charge in [0.2, 0.25) is 0 Å².